The van der Waals surface area contributed by atoms with Gasteiger partial charge in [-0.1, -0.05) is 25.4 Å². The van der Waals surface area contributed by atoms with E-state index >= 15 is 0 Å². The van der Waals surface area contributed by atoms with Crippen LogP contribution in [-0.4, -0.2) is 49.0 Å². The van der Waals surface area contributed by atoms with Crippen LogP contribution in [0.2, 0.25) is 5.02 Å². The van der Waals surface area contributed by atoms with Crippen molar-refractivity contribution in [3.8, 4) is 5.75 Å². The Morgan fingerprint density at radius 3 is 2.83 bits per heavy atom. The fourth-order valence-corrected chi connectivity index (χ4v) is 2.74. The zero-order valence-electron chi connectivity index (χ0n) is 14.1. The molecule has 24 heavy (non-hydrogen) atoms. The molecule has 6 nitrogen and oxygen atoms in total. The number of hydrogen-bond donors (Lipinski definition) is 2. The van der Waals surface area contributed by atoms with E-state index in [2.05, 4.69) is 29.4 Å². The van der Waals surface area contributed by atoms with E-state index in [1.807, 2.05) is 0 Å². The number of rotatable bonds is 8. The van der Waals surface area contributed by atoms with E-state index in [9.17, 15) is 9.59 Å². The second-order valence-corrected chi connectivity index (χ2v) is 6.11. The summed E-state index contributed by atoms with van der Waals surface area (Å²) in [6.07, 6.45) is 0.0625. The first-order chi connectivity index (χ1) is 11.5. The van der Waals surface area contributed by atoms with Gasteiger partial charge in [0.25, 0.3) is 5.91 Å². The lowest BCUT2D eigenvalue weighted by atomic mass is 10.1. The molecular weight excluding hydrogens is 330 g/mol. The van der Waals surface area contributed by atoms with Crippen LogP contribution >= 0.6 is 11.6 Å². The van der Waals surface area contributed by atoms with Gasteiger partial charge in [-0.15, -0.1) is 0 Å². The summed E-state index contributed by atoms with van der Waals surface area (Å²) in [5.74, 6) is 0.00787. The number of halogens is 1. The van der Waals surface area contributed by atoms with Crippen LogP contribution in [0.4, 0.5) is 5.69 Å². The normalized spacial score (nSPS) is 16.3. The van der Waals surface area contributed by atoms with Crippen molar-refractivity contribution in [1.82, 2.24) is 10.2 Å². The third-order valence-corrected chi connectivity index (χ3v) is 4.23. The summed E-state index contributed by atoms with van der Waals surface area (Å²) >= 11 is 5.88. The molecule has 2 N–H and O–H groups in total. The molecule has 0 spiro atoms. The van der Waals surface area contributed by atoms with Gasteiger partial charge in [-0.3, -0.25) is 9.59 Å². The van der Waals surface area contributed by atoms with Gasteiger partial charge in [-0.05, 0) is 44.3 Å². The molecule has 2 rings (SSSR count). The summed E-state index contributed by atoms with van der Waals surface area (Å²) in [5.41, 5.74) is 0.531. The maximum atomic E-state index is 12.0. The highest BCUT2D eigenvalue weighted by Crippen LogP contribution is 2.32. The molecule has 0 fully saturated rings. The molecule has 1 aliphatic rings. The maximum Gasteiger partial charge on any atom is 0.266 e. The molecule has 1 unspecified atom stereocenters. The summed E-state index contributed by atoms with van der Waals surface area (Å²) in [6.45, 7) is 7.78. The molecule has 1 aromatic rings. The summed E-state index contributed by atoms with van der Waals surface area (Å²) in [6, 6.07) is 4.99. The molecule has 2 amide bonds. The average molecular weight is 354 g/mol. The van der Waals surface area contributed by atoms with Crippen LogP contribution in [0.5, 0.6) is 5.75 Å². The van der Waals surface area contributed by atoms with Crippen molar-refractivity contribution in [2.24, 2.45) is 0 Å². The van der Waals surface area contributed by atoms with Crippen LogP contribution in [0, 0.1) is 0 Å². The molecule has 0 bridgehead atoms. The number of nitrogens with one attached hydrogen (secondary N) is 2. The van der Waals surface area contributed by atoms with Crippen molar-refractivity contribution >= 4 is 29.1 Å². The summed E-state index contributed by atoms with van der Waals surface area (Å²) < 4.78 is 5.61. The fourth-order valence-electron chi connectivity index (χ4n) is 2.57. The Labute approximate surface area is 147 Å². The van der Waals surface area contributed by atoms with Crippen molar-refractivity contribution in [3.63, 3.8) is 0 Å². The number of nitrogens with zero attached hydrogens (tertiary/aromatic N) is 1. The predicted molar refractivity (Wildman–Crippen MR) is 94.5 cm³/mol. The van der Waals surface area contributed by atoms with Crippen LogP contribution in [0.25, 0.3) is 0 Å². The number of ether oxygens (including phenoxy) is 1. The quantitative estimate of drug-likeness (QED) is 0.703. The molecule has 1 heterocycles. The lowest BCUT2D eigenvalue weighted by molar-refractivity contribution is -0.130. The van der Waals surface area contributed by atoms with Crippen LogP contribution in [-0.2, 0) is 9.59 Å². The van der Waals surface area contributed by atoms with E-state index in [0.717, 1.165) is 26.1 Å². The molecule has 7 heteroatoms. The SMILES string of the molecule is CCN(CC)CCCNC(=O)CC1Oc2ccc(Cl)cc2NC1=O. The minimum Gasteiger partial charge on any atom is -0.478 e. The molecular formula is C17H24ClN3O3. The van der Waals surface area contributed by atoms with Crippen molar-refractivity contribution in [2.45, 2.75) is 32.8 Å². The highest BCUT2D eigenvalue weighted by atomic mass is 35.5. The average Bonchev–Trinajstić information content (AvgIpc) is 2.56. The van der Waals surface area contributed by atoms with Gasteiger partial charge in [0.15, 0.2) is 6.10 Å². The first kappa shape index (κ1) is 18.5. The number of fused-ring (bicyclic) bond motifs is 1. The Hall–Kier alpha value is -1.79. The van der Waals surface area contributed by atoms with Gasteiger partial charge >= 0.3 is 0 Å². The van der Waals surface area contributed by atoms with Gasteiger partial charge in [-0.2, -0.15) is 0 Å². The van der Waals surface area contributed by atoms with Crippen molar-refractivity contribution in [1.29, 1.82) is 0 Å². The van der Waals surface area contributed by atoms with Crippen molar-refractivity contribution in [3.05, 3.63) is 23.2 Å². The molecule has 0 saturated carbocycles. The van der Waals surface area contributed by atoms with E-state index < -0.39 is 6.10 Å². The smallest absolute Gasteiger partial charge is 0.266 e. The number of anilines is 1. The molecule has 1 atom stereocenters. The number of benzene rings is 1. The number of amides is 2. The Morgan fingerprint density at radius 2 is 2.12 bits per heavy atom. The van der Waals surface area contributed by atoms with Crippen LogP contribution in [0.3, 0.4) is 0 Å². The molecule has 132 valence electrons. The lowest BCUT2D eigenvalue weighted by Crippen LogP contribution is -2.41. The molecule has 0 saturated heterocycles. The largest absolute Gasteiger partial charge is 0.478 e. The third kappa shape index (κ3) is 5.11. The zero-order valence-corrected chi connectivity index (χ0v) is 14.9. The van der Waals surface area contributed by atoms with Gasteiger partial charge in [0.05, 0.1) is 12.1 Å². The van der Waals surface area contributed by atoms with Crippen LogP contribution in [0.1, 0.15) is 26.7 Å². The Bertz CT molecular complexity index is 590. The number of hydrogen-bond acceptors (Lipinski definition) is 4. The second kappa shape index (κ2) is 8.89. The van der Waals surface area contributed by atoms with Crippen molar-refractivity contribution in [2.75, 3.05) is 31.5 Å². The predicted octanol–water partition coefficient (Wildman–Crippen LogP) is 2.28. The monoisotopic (exact) mass is 353 g/mol. The molecule has 1 aromatic carbocycles. The van der Waals surface area contributed by atoms with E-state index in [0.29, 0.717) is 23.0 Å². The van der Waals surface area contributed by atoms with Gasteiger partial charge in [0, 0.05) is 11.6 Å². The molecule has 1 aliphatic heterocycles. The van der Waals surface area contributed by atoms with Gasteiger partial charge in [-0.25, -0.2) is 0 Å². The van der Waals surface area contributed by atoms with E-state index in [1.54, 1.807) is 18.2 Å². The minimum atomic E-state index is -0.818. The second-order valence-electron chi connectivity index (χ2n) is 5.67. The Balaban J connectivity index is 1.78. The molecule has 0 radical (unpaired) electrons. The number of carbonyl (C=O) groups excluding carboxylic acids is 2. The third-order valence-electron chi connectivity index (χ3n) is 4.00. The Kier molecular flexibility index (Phi) is 6.87. The Morgan fingerprint density at radius 1 is 1.38 bits per heavy atom. The fraction of sp³-hybridized carbons (Fsp3) is 0.529. The highest BCUT2D eigenvalue weighted by Gasteiger charge is 2.29. The number of carbonyl (C=O) groups is 2. The molecule has 0 aromatic heterocycles. The maximum absolute atomic E-state index is 12.0. The summed E-state index contributed by atoms with van der Waals surface area (Å²) in [7, 11) is 0. The highest BCUT2D eigenvalue weighted by molar-refractivity contribution is 6.31. The van der Waals surface area contributed by atoms with E-state index in [-0.39, 0.29) is 18.2 Å². The standard InChI is InChI=1S/C17H24ClN3O3/c1-3-21(4-2)9-5-8-19-16(22)11-15-17(23)20-13-10-12(18)6-7-14(13)24-15/h6-7,10,15H,3-5,8-9,11H2,1-2H3,(H,19,22)(H,20,23). The van der Waals surface area contributed by atoms with E-state index in [4.69, 9.17) is 16.3 Å². The lowest BCUT2D eigenvalue weighted by Gasteiger charge is -2.25. The van der Waals surface area contributed by atoms with Crippen molar-refractivity contribution < 1.29 is 14.3 Å². The first-order valence-corrected chi connectivity index (χ1v) is 8.67. The summed E-state index contributed by atoms with van der Waals surface area (Å²) in [5, 5.41) is 6.07. The van der Waals surface area contributed by atoms with Gasteiger partial charge < -0.3 is 20.3 Å². The summed E-state index contributed by atoms with van der Waals surface area (Å²) in [4.78, 5) is 26.3. The van der Waals surface area contributed by atoms with E-state index in [1.165, 1.54) is 0 Å². The molecule has 0 aliphatic carbocycles. The minimum absolute atomic E-state index is 0.000824. The first-order valence-electron chi connectivity index (χ1n) is 8.29. The van der Waals surface area contributed by atoms with Gasteiger partial charge in [0.1, 0.15) is 5.75 Å². The van der Waals surface area contributed by atoms with Crippen LogP contribution < -0.4 is 15.4 Å². The zero-order chi connectivity index (χ0) is 17.5. The topological polar surface area (TPSA) is 70.7 Å². The van der Waals surface area contributed by atoms with Crippen LogP contribution in [0.15, 0.2) is 18.2 Å². The van der Waals surface area contributed by atoms with Gasteiger partial charge in [0.2, 0.25) is 5.91 Å².